The molecule has 0 atom stereocenters. The summed E-state index contributed by atoms with van der Waals surface area (Å²) < 4.78 is 1.87. The molecule has 0 bridgehead atoms. The summed E-state index contributed by atoms with van der Waals surface area (Å²) >= 11 is 0. The molecular weight excluding hydrogens is 298 g/mol. The number of aromatic nitrogens is 2. The van der Waals surface area contributed by atoms with Gasteiger partial charge in [0.05, 0.1) is 6.54 Å². The van der Waals surface area contributed by atoms with Crippen molar-refractivity contribution in [1.29, 1.82) is 0 Å². The van der Waals surface area contributed by atoms with E-state index in [-0.39, 0.29) is 11.8 Å². The summed E-state index contributed by atoms with van der Waals surface area (Å²) in [6.07, 6.45) is 3.60. The quantitative estimate of drug-likeness (QED) is 0.728. The van der Waals surface area contributed by atoms with Crippen LogP contribution in [0.3, 0.4) is 0 Å². The third-order valence-electron chi connectivity index (χ3n) is 4.46. The SMILES string of the molecule is CCC(CC)C(=O)Nc1ccn(Cc2cccc3ccccc23)n1. The highest BCUT2D eigenvalue weighted by Gasteiger charge is 2.15. The number of hydrogen-bond acceptors (Lipinski definition) is 2. The predicted molar refractivity (Wildman–Crippen MR) is 98.0 cm³/mol. The second-order valence-corrected chi connectivity index (χ2v) is 6.04. The molecule has 0 radical (unpaired) electrons. The van der Waals surface area contributed by atoms with Crippen LogP contribution in [-0.2, 0) is 11.3 Å². The van der Waals surface area contributed by atoms with E-state index in [4.69, 9.17) is 0 Å². The topological polar surface area (TPSA) is 46.9 Å². The van der Waals surface area contributed by atoms with Crippen molar-refractivity contribution in [2.75, 3.05) is 5.32 Å². The van der Waals surface area contributed by atoms with Gasteiger partial charge in [-0.05, 0) is 29.2 Å². The lowest BCUT2D eigenvalue weighted by atomic mass is 10.0. The highest BCUT2D eigenvalue weighted by Crippen LogP contribution is 2.19. The molecule has 124 valence electrons. The summed E-state index contributed by atoms with van der Waals surface area (Å²) in [5, 5.41) is 9.87. The first-order chi connectivity index (χ1) is 11.7. The van der Waals surface area contributed by atoms with Gasteiger partial charge in [-0.2, -0.15) is 5.10 Å². The zero-order valence-electron chi connectivity index (χ0n) is 14.2. The lowest BCUT2D eigenvalue weighted by Crippen LogP contribution is -2.22. The molecule has 0 fully saturated rings. The summed E-state index contributed by atoms with van der Waals surface area (Å²) in [6.45, 7) is 4.75. The first kappa shape index (κ1) is 16.2. The zero-order valence-corrected chi connectivity index (χ0v) is 14.2. The van der Waals surface area contributed by atoms with Crippen LogP contribution in [0.5, 0.6) is 0 Å². The standard InChI is InChI=1S/C20H23N3O/c1-3-15(4-2)20(24)21-19-12-13-23(22-19)14-17-10-7-9-16-8-5-6-11-18(16)17/h5-13,15H,3-4,14H2,1-2H3,(H,21,22,24). The van der Waals surface area contributed by atoms with Crippen LogP contribution < -0.4 is 5.32 Å². The fourth-order valence-electron chi connectivity index (χ4n) is 3.01. The Bertz CT molecular complexity index is 828. The molecule has 24 heavy (non-hydrogen) atoms. The summed E-state index contributed by atoms with van der Waals surface area (Å²) in [7, 11) is 0. The fourth-order valence-corrected chi connectivity index (χ4v) is 3.01. The van der Waals surface area contributed by atoms with Gasteiger partial charge in [0.2, 0.25) is 5.91 Å². The fraction of sp³-hybridized carbons (Fsp3) is 0.300. The van der Waals surface area contributed by atoms with Crippen LogP contribution in [0.25, 0.3) is 10.8 Å². The normalized spacial score (nSPS) is 11.1. The van der Waals surface area contributed by atoms with Crippen molar-refractivity contribution in [1.82, 2.24) is 9.78 Å². The average Bonchev–Trinajstić information content (AvgIpc) is 3.03. The summed E-state index contributed by atoms with van der Waals surface area (Å²) in [5.41, 5.74) is 1.22. The number of nitrogens with zero attached hydrogens (tertiary/aromatic N) is 2. The van der Waals surface area contributed by atoms with E-state index in [2.05, 4.69) is 46.8 Å². The minimum absolute atomic E-state index is 0.0493. The van der Waals surface area contributed by atoms with Gasteiger partial charge in [-0.25, -0.2) is 0 Å². The number of nitrogens with one attached hydrogen (secondary N) is 1. The van der Waals surface area contributed by atoms with Crippen LogP contribution in [-0.4, -0.2) is 15.7 Å². The van der Waals surface area contributed by atoms with E-state index in [1.54, 1.807) is 0 Å². The van der Waals surface area contributed by atoms with Crippen LogP contribution >= 0.6 is 0 Å². The van der Waals surface area contributed by atoms with Gasteiger partial charge in [-0.1, -0.05) is 56.3 Å². The maximum absolute atomic E-state index is 12.2. The Kier molecular flexibility index (Phi) is 4.94. The first-order valence-corrected chi connectivity index (χ1v) is 8.52. The highest BCUT2D eigenvalue weighted by atomic mass is 16.1. The maximum Gasteiger partial charge on any atom is 0.228 e. The molecule has 1 heterocycles. The Morgan fingerprint density at radius 2 is 1.83 bits per heavy atom. The van der Waals surface area contributed by atoms with E-state index >= 15 is 0 Å². The van der Waals surface area contributed by atoms with Crippen molar-refractivity contribution in [3.05, 3.63) is 60.3 Å². The number of rotatable bonds is 6. The Hall–Kier alpha value is -2.62. The van der Waals surface area contributed by atoms with Crippen molar-refractivity contribution in [2.45, 2.75) is 33.2 Å². The third kappa shape index (κ3) is 3.48. The average molecular weight is 321 g/mol. The van der Waals surface area contributed by atoms with Gasteiger partial charge in [0, 0.05) is 18.2 Å². The van der Waals surface area contributed by atoms with Crippen molar-refractivity contribution in [2.24, 2.45) is 5.92 Å². The lowest BCUT2D eigenvalue weighted by molar-refractivity contribution is -0.120. The van der Waals surface area contributed by atoms with E-state index in [1.807, 2.05) is 36.9 Å². The van der Waals surface area contributed by atoms with Crippen LogP contribution in [0.1, 0.15) is 32.3 Å². The van der Waals surface area contributed by atoms with E-state index in [0.717, 1.165) is 12.8 Å². The Morgan fingerprint density at radius 1 is 1.08 bits per heavy atom. The van der Waals surface area contributed by atoms with E-state index in [9.17, 15) is 4.79 Å². The molecular formula is C20H23N3O. The molecule has 0 aliphatic heterocycles. The smallest absolute Gasteiger partial charge is 0.228 e. The molecule has 4 heteroatoms. The van der Waals surface area contributed by atoms with Crippen LogP contribution in [0.2, 0.25) is 0 Å². The molecule has 4 nitrogen and oxygen atoms in total. The highest BCUT2D eigenvalue weighted by molar-refractivity contribution is 5.91. The molecule has 0 saturated carbocycles. The molecule has 0 aliphatic rings. The largest absolute Gasteiger partial charge is 0.309 e. The summed E-state index contributed by atoms with van der Waals surface area (Å²) in [4.78, 5) is 12.2. The Labute approximate surface area is 142 Å². The van der Waals surface area contributed by atoms with Crippen LogP contribution in [0, 0.1) is 5.92 Å². The van der Waals surface area contributed by atoms with Gasteiger partial charge in [0.1, 0.15) is 0 Å². The Balaban J connectivity index is 1.75. The second-order valence-electron chi connectivity index (χ2n) is 6.04. The number of carbonyl (C=O) groups is 1. The van der Waals surface area contributed by atoms with Crippen molar-refractivity contribution in [3.63, 3.8) is 0 Å². The number of hydrogen-bond donors (Lipinski definition) is 1. The minimum atomic E-state index is 0.0493. The number of benzene rings is 2. The van der Waals surface area contributed by atoms with Gasteiger partial charge in [0.15, 0.2) is 5.82 Å². The van der Waals surface area contributed by atoms with Crippen LogP contribution in [0.4, 0.5) is 5.82 Å². The lowest BCUT2D eigenvalue weighted by Gasteiger charge is -2.11. The van der Waals surface area contributed by atoms with Gasteiger partial charge >= 0.3 is 0 Å². The van der Waals surface area contributed by atoms with Crippen molar-refractivity contribution in [3.8, 4) is 0 Å². The van der Waals surface area contributed by atoms with Gasteiger partial charge in [-0.3, -0.25) is 9.48 Å². The zero-order chi connectivity index (χ0) is 16.9. The first-order valence-electron chi connectivity index (χ1n) is 8.52. The van der Waals surface area contributed by atoms with E-state index in [1.165, 1.54) is 16.3 Å². The van der Waals surface area contributed by atoms with E-state index in [0.29, 0.717) is 12.4 Å². The number of amides is 1. The van der Waals surface area contributed by atoms with Crippen LogP contribution in [0.15, 0.2) is 54.7 Å². The summed E-state index contributed by atoms with van der Waals surface area (Å²) in [6, 6.07) is 16.5. The minimum Gasteiger partial charge on any atom is -0.309 e. The number of anilines is 1. The molecule has 2 aromatic carbocycles. The van der Waals surface area contributed by atoms with Gasteiger partial charge in [-0.15, -0.1) is 0 Å². The molecule has 3 aromatic rings. The number of carbonyl (C=O) groups excluding carboxylic acids is 1. The Morgan fingerprint density at radius 3 is 2.62 bits per heavy atom. The summed E-state index contributed by atoms with van der Waals surface area (Å²) in [5.74, 6) is 0.718. The molecule has 1 aromatic heterocycles. The van der Waals surface area contributed by atoms with Gasteiger partial charge < -0.3 is 5.32 Å². The third-order valence-corrected chi connectivity index (χ3v) is 4.46. The van der Waals surface area contributed by atoms with Gasteiger partial charge in [0.25, 0.3) is 0 Å². The monoisotopic (exact) mass is 321 g/mol. The molecule has 1 N–H and O–H groups in total. The van der Waals surface area contributed by atoms with Crippen molar-refractivity contribution >= 4 is 22.5 Å². The molecule has 0 spiro atoms. The second kappa shape index (κ2) is 7.30. The molecule has 0 saturated heterocycles. The predicted octanol–water partition coefficient (Wildman–Crippen LogP) is 4.46. The molecule has 0 aliphatic carbocycles. The number of fused-ring (bicyclic) bond motifs is 1. The molecule has 0 unspecified atom stereocenters. The van der Waals surface area contributed by atoms with Crippen molar-refractivity contribution < 1.29 is 4.79 Å². The molecule has 1 amide bonds. The maximum atomic E-state index is 12.2. The molecule has 3 rings (SSSR count). The van der Waals surface area contributed by atoms with E-state index < -0.39 is 0 Å².